The molecule has 6 nitrogen and oxygen atoms in total. The van der Waals surface area contributed by atoms with Gasteiger partial charge in [-0.3, -0.25) is 9.59 Å². The third-order valence-electron chi connectivity index (χ3n) is 6.14. The van der Waals surface area contributed by atoms with Crippen LogP contribution in [0.25, 0.3) is 6.08 Å². The fraction of sp³-hybridized carbons (Fsp3) is 0.435. The number of benzene rings is 1. The zero-order valence-corrected chi connectivity index (χ0v) is 17.7. The van der Waals surface area contributed by atoms with Crippen molar-refractivity contribution < 1.29 is 9.59 Å². The van der Waals surface area contributed by atoms with Crippen LogP contribution in [-0.2, 0) is 16.1 Å². The van der Waals surface area contributed by atoms with E-state index in [9.17, 15) is 9.59 Å². The van der Waals surface area contributed by atoms with Crippen LogP contribution in [0.1, 0.15) is 31.2 Å². The Kier molecular flexibility index (Phi) is 6.53. The Labute approximate surface area is 182 Å². The first-order valence-electron chi connectivity index (χ1n) is 10.6. The lowest BCUT2D eigenvalue weighted by Crippen LogP contribution is -2.56. The van der Waals surface area contributed by atoms with E-state index < -0.39 is 0 Å². The van der Waals surface area contributed by atoms with Crippen LogP contribution >= 0.6 is 11.6 Å². The van der Waals surface area contributed by atoms with Crippen LogP contribution < -0.4 is 0 Å². The molecule has 2 aliphatic heterocycles. The molecule has 158 valence electrons. The smallest absolute Gasteiger partial charge is 0.246 e. The monoisotopic (exact) mass is 426 g/mol. The zero-order chi connectivity index (χ0) is 20.9. The van der Waals surface area contributed by atoms with Gasteiger partial charge in [0.05, 0.1) is 6.33 Å². The molecule has 2 fully saturated rings. The molecular formula is C23H27ClN4O2. The number of hydrogen-bond donors (Lipinski definition) is 0. The van der Waals surface area contributed by atoms with Crippen LogP contribution in [0.4, 0.5) is 0 Å². The first kappa shape index (κ1) is 20.7. The highest BCUT2D eigenvalue weighted by atomic mass is 35.5. The maximum Gasteiger partial charge on any atom is 0.246 e. The Hall–Kier alpha value is -2.60. The number of carbonyl (C=O) groups is 2. The molecule has 0 aliphatic carbocycles. The van der Waals surface area contributed by atoms with Gasteiger partial charge in [-0.05, 0) is 42.9 Å². The van der Waals surface area contributed by atoms with Crippen LogP contribution in [0.2, 0.25) is 5.02 Å². The van der Waals surface area contributed by atoms with E-state index >= 15 is 0 Å². The number of carbonyl (C=O) groups excluding carboxylic acids is 2. The van der Waals surface area contributed by atoms with Crippen molar-refractivity contribution in [2.75, 3.05) is 19.6 Å². The summed E-state index contributed by atoms with van der Waals surface area (Å²) in [5, 5.41) is 0.636. The minimum absolute atomic E-state index is 0.0110. The largest absolute Gasteiger partial charge is 0.339 e. The van der Waals surface area contributed by atoms with Gasteiger partial charge < -0.3 is 14.4 Å². The Morgan fingerprint density at radius 3 is 2.90 bits per heavy atom. The number of imidazole rings is 1. The number of likely N-dealkylation sites (tertiary alicyclic amines) is 2. The van der Waals surface area contributed by atoms with E-state index in [2.05, 4.69) is 9.88 Å². The molecule has 7 heteroatoms. The molecule has 30 heavy (non-hydrogen) atoms. The molecule has 3 heterocycles. The second-order valence-electron chi connectivity index (χ2n) is 8.04. The van der Waals surface area contributed by atoms with Crippen molar-refractivity contribution in [1.82, 2.24) is 19.4 Å². The number of amides is 2. The van der Waals surface area contributed by atoms with Gasteiger partial charge >= 0.3 is 0 Å². The lowest BCUT2D eigenvalue weighted by atomic mass is 9.83. The third-order valence-corrected chi connectivity index (χ3v) is 6.48. The molecule has 2 aromatic rings. The first-order valence-corrected chi connectivity index (χ1v) is 11.0. The zero-order valence-electron chi connectivity index (χ0n) is 17.0. The average molecular weight is 427 g/mol. The summed E-state index contributed by atoms with van der Waals surface area (Å²) in [6.45, 7) is 3.01. The number of fused-ring (bicyclic) bond motifs is 1. The van der Waals surface area contributed by atoms with Gasteiger partial charge in [-0.1, -0.05) is 29.8 Å². The molecule has 2 aliphatic rings. The van der Waals surface area contributed by atoms with Crippen LogP contribution in [0.3, 0.4) is 0 Å². The molecule has 0 N–H and O–H groups in total. The minimum Gasteiger partial charge on any atom is -0.339 e. The highest BCUT2D eigenvalue weighted by Gasteiger charge is 2.39. The Balaban J connectivity index is 1.33. The van der Waals surface area contributed by atoms with E-state index in [0.29, 0.717) is 30.5 Å². The van der Waals surface area contributed by atoms with Crippen LogP contribution in [0, 0.1) is 5.92 Å². The van der Waals surface area contributed by atoms with E-state index in [4.69, 9.17) is 11.6 Å². The van der Waals surface area contributed by atoms with Crippen molar-refractivity contribution in [2.45, 2.75) is 38.3 Å². The molecule has 0 spiro atoms. The molecule has 2 saturated heterocycles. The van der Waals surface area contributed by atoms with Gasteiger partial charge in [-0.15, -0.1) is 0 Å². The van der Waals surface area contributed by atoms with Gasteiger partial charge in [0.25, 0.3) is 0 Å². The SMILES string of the molecule is O=C(/C=C/c1ccccc1Cl)N1CC[C@H]2[C@H](CCC(=O)N2CCCn2ccnc2)C1. The van der Waals surface area contributed by atoms with Crippen LogP contribution in [0.15, 0.2) is 49.1 Å². The van der Waals surface area contributed by atoms with Gasteiger partial charge in [0, 0.05) is 62.1 Å². The molecule has 0 saturated carbocycles. The van der Waals surface area contributed by atoms with Gasteiger partial charge in [-0.25, -0.2) is 4.98 Å². The lowest BCUT2D eigenvalue weighted by molar-refractivity contribution is -0.143. The highest BCUT2D eigenvalue weighted by molar-refractivity contribution is 6.32. The summed E-state index contributed by atoms with van der Waals surface area (Å²) in [5.74, 6) is 0.611. The maximum absolute atomic E-state index is 12.7. The van der Waals surface area contributed by atoms with Crippen molar-refractivity contribution in [1.29, 1.82) is 0 Å². The van der Waals surface area contributed by atoms with E-state index in [1.54, 1.807) is 24.7 Å². The van der Waals surface area contributed by atoms with E-state index in [0.717, 1.165) is 37.9 Å². The van der Waals surface area contributed by atoms with Gasteiger partial charge in [0.2, 0.25) is 11.8 Å². The molecule has 0 radical (unpaired) electrons. The topological polar surface area (TPSA) is 58.4 Å². The van der Waals surface area contributed by atoms with Crippen molar-refractivity contribution >= 4 is 29.5 Å². The van der Waals surface area contributed by atoms with E-state index in [-0.39, 0.29) is 17.9 Å². The molecule has 0 bridgehead atoms. The third kappa shape index (κ3) is 4.75. The summed E-state index contributed by atoms with van der Waals surface area (Å²) < 4.78 is 2.04. The predicted molar refractivity (Wildman–Crippen MR) is 117 cm³/mol. The number of rotatable bonds is 6. The van der Waals surface area contributed by atoms with Gasteiger partial charge in [-0.2, -0.15) is 0 Å². The van der Waals surface area contributed by atoms with Crippen molar-refractivity contribution in [3.8, 4) is 0 Å². The molecular weight excluding hydrogens is 400 g/mol. The standard InChI is InChI=1S/C23H27ClN4O2/c24-20-5-2-1-4-18(20)6-8-22(29)27-14-10-21-19(16-27)7-9-23(30)28(21)13-3-12-26-15-11-25-17-26/h1-2,4-6,8,11,15,17,19,21H,3,7,9-10,12-14,16H2/b8-6+/t19-,21+/m1/s1. The number of aromatic nitrogens is 2. The van der Waals surface area contributed by atoms with Gasteiger partial charge in [0.1, 0.15) is 0 Å². The molecule has 0 unspecified atom stereocenters. The summed E-state index contributed by atoms with van der Waals surface area (Å²) in [4.78, 5) is 33.3. The van der Waals surface area contributed by atoms with Crippen molar-refractivity contribution in [2.24, 2.45) is 5.92 Å². The quantitative estimate of drug-likeness (QED) is 0.664. The van der Waals surface area contributed by atoms with Crippen molar-refractivity contribution in [3.63, 3.8) is 0 Å². The number of piperidine rings is 2. The average Bonchev–Trinajstić information content (AvgIpc) is 3.28. The first-order chi connectivity index (χ1) is 14.6. The number of halogens is 1. The summed E-state index contributed by atoms with van der Waals surface area (Å²) >= 11 is 6.17. The highest BCUT2D eigenvalue weighted by Crippen LogP contribution is 2.31. The molecule has 1 aromatic carbocycles. The summed E-state index contributed by atoms with van der Waals surface area (Å²) in [5.41, 5.74) is 0.842. The number of nitrogens with zero attached hydrogens (tertiary/aromatic N) is 4. The van der Waals surface area contributed by atoms with Crippen LogP contribution in [0.5, 0.6) is 0 Å². The van der Waals surface area contributed by atoms with E-state index in [1.807, 2.05) is 39.9 Å². The lowest BCUT2D eigenvalue weighted by Gasteiger charge is -2.47. The van der Waals surface area contributed by atoms with Crippen LogP contribution in [-0.4, -0.2) is 56.8 Å². The van der Waals surface area contributed by atoms with Gasteiger partial charge in [0.15, 0.2) is 0 Å². The fourth-order valence-corrected chi connectivity index (χ4v) is 4.76. The molecule has 4 rings (SSSR count). The summed E-state index contributed by atoms with van der Waals surface area (Å²) in [6.07, 6.45) is 12.1. The minimum atomic E-state index is 0.0110. The maximum atomic E-state index is 12.7. The number of hydrogen-bond acceptors (Lipinski definition) is 3. The van der Waals surface area contributed by atoms with E-state index in [1.165, 1.54) is 0 Å². The molecule has 2 amide bonds. The second kappa shape index (κ2) is 9.47. The fourth-order valence-electron chi connectivity index (χ4n) is 4.56. The normalized spacial score (nSPS) is 21.8. The summed E-state index contributed by atoms with van der Waals surface area (Å²) in [6, 6.07) is 7.73. The molecule has 1 aromatic heterocycles. The Morgan fingerprint density at radius 2 is 2.10 bits per heavy atom. The molecule has 2 atom stereocenters. The Bertz CT molecular complexity index is 912. The predicted octanol–water partition coefficient (Wildman–Crippen LogP) is 3.48. The Morgan fingerprint density at radius 1 is 1.23 bits per heavy atom. The van der Waals surface area contributed by atoms with Crippen molar-refractivity contribution in [3.05, 3.63) is 59.6 Å². The summed E-state index contributed by atoms with van der Waals surface area (Å²) in [7, 11) is 0. The second-order valence-corrected chi connectivity index (χ2v) is 8.44. The number of aryl methyl sites for hydroxylation is 1.